The molecule has 1 saturated heterocycles. The predicted octanol–water partition coefficient (Wildman–Crippen LogP) is 3.00. The van der Waals surface area contributed by atoms with E-state index in [-0.39, 0.29) is 0 Å². The molecule has 1 aromatic heterocycles. The van der Waals surface area contributed by atoms with E-state index in [1.54, 1.807) is 0 Å². The molecule has 1 aromatic carbocycles. The molecule has 6 heteroatoms. The van der Waals surface area contributed by atoms with E-state index < -0.39 is 6.09 Å². The molecule has 0 spiro atoms. The van der Waals surface area contributed by atoms with Gasteiger partial charge in [-0.3, -0.25) is 5.10 Å². The minimum absolute atomic E-state index is 0.330. The molecule has 3 rings (SSSR count). The van der Waals surface area contributed by atoms with Crippen molar-refractivity contribution >= 4 is 11.8 Å². The van der Waals surface area contributed by atoms with Crippen LogP contribution in [0.2, 0.25) is 0 Å². The van der Waals surface area contributed by atoms with E-state index in [9.17, 15) is 4.79 Å². The number of nitrogens with one attached hydrogen (secondary N) is 1. The van der Waals surface area contributed by atoms with Crippen molar-refractivity contribution < 1.29 is 9.90 Å². The van der Waals surface area contributed by atoms with Crippen molar-refractivity contribution in [3.63, 3.8) is 0 Å². The Bertz CT molecular complexity index is 670. The highest BCUT2D eigenvalue weighted by molar-refractivity contribution is 5.65. The Hall–Kier alpha value is -2.50. The number of carbonyl (C=O) groups is 1. The van der Waals surface area contributed by atoms with Gasteiger partial charge in [-0.1, -0.05) is 12.1 Å². The zero-order chi connectivity index (χ0) is 16.4. The highest BCUT2D eigenvalue weighted by Crippen LogP contribution is 2.29. The summed E-state index contributed by atoms with van der Waals surface area (Å²) in [6.45, 7) is 1.17. The maximum absolute atomic E-state index is 11.0. The Labute approximate surface area is 135 Å². The fourth-order valence-electron chi connectivity index (χ4n) is 3.00. The summed E-state index contributed by atoms with van der Waals surface area (Å²) in [5.74, 6) is 0.330. The maximum atomic E-state index is 11.0. The van der Waals surface area contributed by atoms with Crippen LogP contribution in [0.3, 0.4) is 0 Å². The molecule has 2 N–H and O–H groups in total. The van der Waals surface area contributed by atoms with E-state index in [4.69, 9.17) is 5.11 Å². The summed E-state index contributed by atoms with van der Waals surface area (Å²) in [4.78, 5) is 14.5. The summed E-state index contributed by atoms with van der Waals surface area (Å²) in [5.41, 5.74) is 4.31. The first-order valence-corrected chi connectivity index (χ1v) is 7.85. The number of carboxylic acid groups (broad SMARTS) is 1. The van der Waals surface area contributed by atoms with Crippen LogP contribution in [0, 0.1) is 0 Å². The molecule has 0 unspecified atom stereocenters. The second kappa shape index (κ2) is 6.32. The summed E-state index contributed by atoms with van der Waals surface area (Å²) < 4.78 is 0. The van der Waals surface area contributed by atoms with Crippen LogP contribution in [0.4, 0.5) is 10.5 Å². The third-order valence-electron chi connectivity index (χ3n) is 4.48. The van der Waals surface area contributed by atoms with Crippen molar-refractivity contribution in [1.82, 2.24) is 15.1 Å². The minimum Gasteiger partial charge on any atom is -0.465 e. The summed E-state index contributed by atoms with van der Waals surface area (Å²) in [7, 11) is 4.04. The predicted molar refractivity (Wildman–Crippen MR) is 89.9 cm³/mol. The lowest BCUT2D eigenvalue weighted by Gasteiger charge is -2.28. The molecule has 0 atom stereocenters. The van der Waals surface area contributed by atoms with Crippen LogP contribution in [0.15, 0.2) is 30.3 Å². The number of benzene rings is 1. The number of hydrogen-bond donors (Lipinski definition) is 2. The molecule has 1 aliphatic heterocycles. The molecule has 122 valence electrons. The van der Waals surface area contributed by atoms with Crippen LogP contribution < -0.4 is 4.90 Å². The van der Waals surface area contributed by atoms with Crippen LogP contribution in [0.1, 0.15) is 24.5 Å². The van der Waals surface area contributed by atoms with E-state index >= 15 is 0 Å². The zero-order valence-corrected chi connectivity index (χ0v) is 13.5. The number of amides is 1. The molecule has 0 saturated carbocycles. The molecule has 2 heterocycles. The van der Waals surface area contributed by atoms with Crippen molar-refractivity contribution in [2.45, 2.75) is 18.8 Å². The average molecular weight is 314 g/mol. The van der Waals surface area contributed by atoms with Crippen LogP contribution in [0.25, 0.3) is 11.3 Å². The van der Waals surface area contributed by atoms with Gasteiger partial charge in [-0.05, 0) is 36.6 Å². The van der Waals surface area contributed by atoms with Crippen molar-refractivity contribution in [2.75, 3.05) is 32.1 Å². The lowest BCUT2D eigenvalue weighted by atomic mass is 9.93. The number of H-pyrrole nitrogens is 1. The highest BCUT2D eigenvalue weighted by Gasteiger charge is 2.25. The number of piperidine rings is 1. The average Bonchev–Trinajstić information content (AvgIpc) is 3.05. The fourth-order valence-corrected chi connectivity index (χ4v) is 3.00. The van der Waals surface area contributed by atoms with Crippen LogP contribution in [0.5, 0.6) is 0 Å². The second-order valence-corrected chi connectivity index (χ2v) is 6.19. The van der Waals surface area contributed by atoms with Gasteiger partial charge in [0.25, 0.3) is 0 Å². The molecular formula is C17H22N4O2. The summed E-state index contributed by atoms with van der Waals surface area (Å²) >= 11 is 0. The Morgan fingerprint density at radius 3 is 2.48 bits per heavy atom. The van der Waals surface area contributed by atoms with Gasteiger partial charge in [0.1, 0.15) is 0 Å². The molecule has 0 radical (unpaired) electrons. The van der Waals surface area contributed by atoms with Crippen molar-refractivity contribution in [2.24, 2.45) is 0 Å². The Balaban J connectivity index is 1.70. The van der Waals surface area contributed by atoms with Gasteiger partial charge in [0.15, 0.2) is 0 Å². The van der Waals surface area contributed by atoms with Crippen LogP contribution in [-0.2, 0) is 0 Å². The maximum Gasteiger partial charge on any atom is 0.407 e. The number of anilines is 1. The van der Waals surface area contributed by atoms with Crippen molar-refractivity contribution in [3.8, 4) is 11.3 Å². The molecule has 2 aromatic rings. The number of nitrogens with zero attached hydrogens (tertiary/aromatic N) is 3. The Kier molecular flexibility index (Phi) is 4.23. The zero-order valence-electron chi connectivity index (χ0n) is 13.5. The normalized spacial score (nSPS) is 15.7. The molecule has 0 aliphatic carbocycles. The van der Waals surface area contributed by atoms with E-state index in [0.717, 1.165) is 35.5 Å². The Morgan fingerprint density at radius 2 is 1.91 bits per heavy atom. The van der Waals surface area contributed by atoms with Gasteiger partial charge in [0.05, 0.1) is 11.4 Å². The quantitative estimate of drug-likeness (QED) is 0.913. The SMILES string of the molecule is CN(C)c1ccc(-c2cc(C3CCN(C(=O)O)CC3)n[nH]2)cc1. The van der Waals surface area contributed by atoms with Gasteiger partial charge < -0.3 is 14.9 Å². The van der Waals surface area contributed by atoms with Gasteiger partial charge in [-0.2, -0.15) is 5.10 Å². The van der Waals surface area contributed by atoms with Crippen LogP contribution >= 0.6 is 0 Å². The van der Waals surface area contributed by atoms with Gasteiger partial charge in [-0.25, -0.2) is 4.79 Å². The lowest BCUT2D eigenvalue weighted by Crippen LogP contribution is -2.36. The monoisotopic (exact) mass is 314 g/mol. The van der Waals surface area contributed by atoms with Gasteiger partial charge >= 0.3 is 6.09 Å². The molecule has 1 amide bonds. The lowest BCUT2D eigenvalue weighted by molar-refractivity contribution is 0.131. The fraction of sp³-hybridized carbons (Fsp3) is 0.412. The summed E-state index contributed by atoms with van der Waals surface area (Å²) in [6, 6.07) is 10.4. The first kappa shape index (κ1) is 15.4. The number of aromatic nitrogens is 2. The molecule has 6 nitrogen and oxygen atoms in total. The second-order valence-electron chi connectivity index (χ2n) is 6.19. The molecule has 1 fully saturated rings. The molecule has 0 bridgehead atoms. The van der Waals surface area contributed by atoms with E-state index in [2.05, 4.69) is 45.4 Å². The topological polar surface area (TPSA) is 72.5 Å². The standard InChI is InChI=1S/C17H22N4O2/c1-20(2)14-5-3-12(4-6-14)15-11-16(19-18-15)13-7-9-21(10-8-13)17(22)23/h3-6,11,13H,7-10H2,1-2H3,(H,18,19)(H,22,23). The van der Waals surface area contributed by atoms with Gasteiger partial charge in [0.2, 0.25) is 0 Å². The minimum atomic E-state index is -0.827. The third kappa shape index (κ3) is 3.31. The first-order valence-electron chi connectivity index (χ1n) is 7.85. The van der Waals surface area contributed by atoms with Crippen molar-refractivity contribution in [3.05, 3.63) is 36.0 Å². The molecular weight excluding hydrogens is 292 g/mol. The smallest absolute Gasteiger partial charge is 0.407 e. The van der Waals surface area contributed by atoms with E-state index in [1.807, 2.05) is 14.1 Å². The van der Waals surface area contributed by atoms with E-state index in [0.29, 0.717) is 19.0 Å². The summed E-state index contributed by atoms with van der Waals surface area (Å²) in [6.07, 6.45) is 0.832. The van der Waals surface area contributed by atoms with Crippen molar-refractivity contribution in [1.29, 1.82) is 0 Å². The molecule has 23 heavy (non-hydrogen) atoms. The molecule has 1 aliphatic rings. The van der Waals surface area contributed by atoms with Crippen LogP contribution in [-0.4, -0.2) is 53.5 Å². The largest absolute Gasteiger partial charge is 0.465 e. The van der Waals surface area contributed by atoms with E-state index in [1.165, 1.54) is 4.90 Å². The van der Waals surface area contributed by atoms with Gasteiger partial charge in [0, 0.05) is 38.8 Å². The number of hydrogen-bond acceptors (Lipinski definition) is 3. The first-order chi connectivity index (χ1) is 11.0. The summed E-state index contributed by atoms with van der Waals surface area (Å²) in [5, 5.41) is 16.6. The highest BCUT2D eigenvalue weighted by atomic mass is 16.4. The Morgan fingerprint density at radius 1 is 1.26 bits per heavy atom. The third-order valence-corrected chi connectivity index (χ3v) is 4.48. The number of aromatic amines is 1. The number of likely N-dealkylation sites (tertiary alicyclic amines) is 1. The van der Waals surface area contributed by atoms with Gasteiger partial charge in [-0.15, -0.1) is 0 Å². The number of rotatable bonds is 3.